The van der Waals surface area contributed by atoms with Crippen LogP contribution in [0.5, 0.6) is 5.75 Å². The van der Waals surface area contributed by atoms with Crippen LogP contribution in [0.1, 0.15) is 63.1 Å². The predicted octanol–water partition coefficient (Wildman–Crippen LogP) is 4.18. The van der Waals surface area contributed by atoms with E-state index < -0.39 is 0 Å². The Hall–Kier alpha value is -1.02. The van der Waals surface area contributed by atoms with Crippen LogP contribution < -0.4 is 5.32 Å². The topological polar surface area (TPSA) is 32.3 Å². The molecule has 110 valence electrons. The molecule has 0 aliphatic heterocycles. The third-order valence-electron chi connectivity index (χ3n) is 5.61. The van der Waals surface area contributed by atoms with Crippen molar-refractivity contribution in [3.63, 3.8) is 0 Å². The lowest BCUT2D eigenvalue weighted by atomic mass is 9.86. The lowest BCUT2D eigenvalue weighted by molar-refractivity contribution is 0.308. The van der Waals surface area contributed by atoms with Gasteiger partial charge in [0.1, 0.15) is 5.75 Å². The fourth-order valence-corrected chi connectivity index (χ4v) is 4.29. The number of aryl methyl sites for hydroxylation is 1. The van der Waals surface area contributed by atoms with Crippen molar-refractivity contribution in [2.75, 3.05) is 0 Å². The second-order valence-corrected chi connectivity index (χ2v) is 6.71. The summed E-state index contributed by atoms with van der Waals surface area (Å²) in [4.78, 5) is 0. The van der Waals surface area contributed by atoms with Gasteiger partial charge in [0.2, 0.25) is 0 Å². The average molecular weight is 273 g/mol. The highest BCUT2D eigenvalue weighted by atomic mass is 16.3. The Kier molecular flexibility index (Phi) is 4.02. The van der Waals surface area contributed by atoms with Gasteiger partial charge in [-0.3, -0.25) is 0 Å². The first-order valence-electron chi connectivity index (χ1n) is 8.27. The number of benzene rings is 1. The summed E-state index contributed by atoms with van der Waals surface area (Å²) in [7, 11) is 0. The average Bonchev–Trinajstić information content (AvgIpc) is 2.79. The SMILES string of the molecule is CCC1CCC(NC2CCCc3cc(O)ccc32)C1C. The summed E-state index contributed by atoms with van der Waals surface area (Å²) in [6.45, 7) is 4.74. The van der Waals surface area contributed by atoms with Crippen LogP contribution in [0.15, 0.2) is 18.2 Å². The monoisotopic (exact) mass is 273 g/mol. The van der Waals surface area contributed by atoms with Crippen molar-refractivity contribution < 1.29 is 5.11 Å². The number of hydrogen-bond acceptors (Lipinski definition) is 2. The molecule has 2 N–H and O–H groups in total. The summed E-state index contributed by atoms with van der Waals surface area (Å²) >= 11 is 0. The molecule has 0 saturated heterocycles. The number of hydrogen-bond donors (Lipinski definition) is 2. The zero-order valence-electron chi connectivity index (χ0n) is 12.7. The fourth-order valence-electron chi connectivity index (χ4n) is 4.29. The van der Waals surface area contributed by atoms with Gasteiger partial charge in [-0.2, -0.15) is 0 Å². The smallest absolute Gasteiger partial charge is 0.115 e. The standard InChI is InChI=1S/C18H27NO/c1-3-13-7-10-17(12(13)2)19-18-6-4-5-14-11-15(20)8-9-16(14)18/h8-9,11-13,17-20H,3-7,10H2,1-2H3. The molecule has 0 heterocycles. The van der Waals surface area contributed by atoms with Gasteiger partial charge in [-0.1, -0.05) is 26.3 Å². The van der Waals surface area contributed by atoms with Crippen molar-refractivity contribution in [2.45, 2.75) is 64.5 Å². The van der Waals surface area contributed by atoms with Crippen LogP contribution in [-0.4, -0.2) is 11.1 Å². The molecule has 2 nitrogen and oxygen atoms in total. The molecule has 4 atom stereocenters. The highest BCUT2D eigenvalue weighted by molar-refractivity contribution is 5.38. The summed E-state index contributed by atoms with van der Waals surface area (Å²) in [5.74, 6) is 2.10. The molecule has 2 aliphatic rings. The van der Waals surface area contributed by atoms with Crippen molar-refractivity contribution in [1.29, 1.82) is 0 Å². The molecule has 1 fully saturated rings. The summed E-state index contributed by atoms with van der Waals surface area (Å²) in [5.41, 5.74) is 2.76. The van der Waals surface area contributed by atoms with Crippen molar-refractivity contribution >= 4 is 0 Å². The summed E-state index contributed by atoms with van der Waals surface area (Å²) < 4.78 is 0. The van der Waals surface area contributed by atoms with E-state index in [9.17, 15) is 5.11 Å². The fraction of sp³-hybridized carbons (Fsp3) is 0.667. The van der Waals surface area contributed by atoms with Crippen LogP contribution >= 0.6 is 0 Å². The maximum absolute atomic E-state index is 9.65. The summed E-state index contributed by atoms with van der Waals surface area (Å²) in [5, 5.41) is 13.6. The van der Waals surface area contributed by atoms with Gasteiger partial charge in [0, 0.05) is 12.1 Å². The highest BCUT2D eigenvalue weighted by Gasteiger charge is 2.33. The van der Waals surface area contributed by atoms with Gasteiger partial charge in [-0.15, -0.1) is 0 Å². The van der Waals surface area contributed by atoms with E-state index in [4.69, 9.17) is 0 Å². The number of phenols is 1. The Labute approximate surface area is 122 Å². The predicted molar refractivity (Wildman–Crippen MR) is 82.9 cm³/mol. The Morgan fingerprint density at radius 2 is 2.10 bits per heavy atom. The highest BCUT2D eigenvalue weighted by Crippen LogP contribution is 2.38. The quantitative estimate of drug-likeness (QED) is 0.865. The molecular weight excluding hydrogens is 246 g/mol. The molecule has 0 spiro atoms. The molecule has 0 amide bonds. The lowest BCUT2D eigenvalue weighted by Crippen LogP contribution is -2.37. The molecule has 2 heteroatoms. The van der Waals surface area contributed by atoms with Crippen LogP contribution in [0, 0.1) is 11.8 Å². The van der Waals surface area contributed by atoms with Crippen LogP contribution in [0.2, 0.25) is 0 Å². The molecule has 0 radical (unpaired) electrons. The number of nitrogens with one attached hydrogen (secondary N) is 1. The summed E-state index contributed by atoms with van der Waals surface area (Å²) in [6.07, 6.45) is 7.59. The van der Waals surface area contributed by atoms with Crippen LogP contribution in [0.25, 0.3) is 0 Å². The van der Waals surface area contributed by atoms with Gasteiger partial charge >= 0.3 is 0 Å². The number of fused-ring (bicyclic) bond motifs is 1. The Bertz CT molecular complexity index is 470. The second-order valence-electron chi connectivity index (χ2n) is 6.71. The normalized spacial score (nSPS) is 33.1. The van der Waals surface area contributed by atoms with Gasteiger partial charge in [-0.25, -0.2) is 0 Å². The van der Waals surface area contributed by atoms with Crippen molar-refractivity contribution in [1.82, 2.24) is 5.32 Å². The minimum atomic E-state index is 0.407. The molecule has 0 aromatic heterocycles. The van der Waals surface area contributed by atoms with E-state index in [1.54, 1.807) is 0 Å². The van der Waals surface area contributed by atoms with Crippen LogP contribution in [0.3, 0.4) is 0 Å². The third-order valence-corrected chi connectivity index (χ3v) is 5.61. The van der Waals surface area contributed by atoms with Crippen molar-refractivity contribution in [3.05, 3.63) is 29.3 Å². The van der Waals surface area contributed by atoms with Gasteiger partial charge in [-0.05, 0) is 67.2 Å². The number of rotatable bonds is 3. The minimum Gasteiger partial charge on any atom is -0.508 e. The summed E-state index contributed by atoms with van der Waals surface area (Å²) in [6, 6.07) is 7.08. The number of aromatic hydroxyl groups is 1. The van der Waals surface area contributed by atoms with E-state index in [1.807, 2.05) is 12.1 Å². The van der Waals surface area contributed by atoms with Crippen LogP contribution in [0.4, 0.5) is 0 Å². The molecule has 1 saturated carbocycles. The van der Waals surface area contributed by atoms with E-state index in [1.165, 1.54) is 43.2 Å². The first-order chi connectivity index (χ1) is 9.69. The van der Waals surface area contributed by atoms with Crippen molar-refractivity contribution in [3.8, 4) is 5.75 Å². The largest absolute Gasteiger partial charge is 0.508 e. The zero-order valence-corrected chi connectivity index (χ0v) is 12.7. The maximum Gasteiger partial charge on any atom is 0.115 e. The Balaban J connectivity index is 1.74. The van der Waals surface area contributed by atoms with E-state index in [0.29, 0.717) is 17.8 Å². The van der Waals surface area contributed by atoms with Crippen LogP contribution in [-0.2, 0) is 6.42 Å². The molecule has 1 aromatic rings. The lowest BCUT2D eigenvalue weighted by Gasteiger charge is -2.31. The van der Waals surface area contributed by atoms with Gasteiger partial charge in [0.25, 0.3) is 0 Å². The zero-order chi connectivity index (χ0) is 14.1. The van der Waals surface area contributed by atoms with Gasteiger partial charge in [0.15, 0.2) is 0 Å². The van der Waals surface area contributed by atoms with E-state index in [0.717, 1.165) is 18.3 Å². The third kappa shape index (κ3) is 2.58. The molecule has 1 aromatic carbocycles. The second kappa shape index (κ2) is 5.77. The Morgan fingerprint density at radius 1 is 1.25 bits per heavy atom. The van der Waals surface area contributed by atoms with E-state index in [-0.39, 0.29) is 0 Å². The molecule has 4 unspecified atom stereocenters. The molecule has 0 bridgehead atoms. The number of phenolic OH excluding ortho intramolecular Hbond substituents is 1. The molecule has 3 rings (SSSR count). The first-order valence-corrected chi connectivity index (χ1v) is 8.27. The molecule has 20 heavy (non-hydrogen) atoms. The van der Waals surface area contributed by atoms with E-state index in [2.05, 4.69) is 25.2 Å². The van der Waals surface area contributed by atoms with Crippen molar-refractivity contribution in [2.24, 2.45) is 11.8 Å². The molecular formula is C18H27NO. The first kappa shape index (κ1) is 13.9. The van der Waals surface area contributed by atoms with Gasteiger partial charge < -0.3 is 10.4 Å². The molecule has 2 aliphatic carbocycles. The minimum absolute atomic E-state index is 0.407. The maximum atomic E-state index is 9.65. The van der Waals surface area contributed by atoms with Gasteiger partial charge in [0.05, 0.1) is 0 Å². The van der Waals surface area contributed by atoms with E-state index >= 15 is 0 Å². The Morgan fingerprint density at radius 3 is 2.85 bits per heavy atom.